The molecule has 1 amide bonds. The highest BCUT2D eigenvalue weighted by Gasteiger charge is 2.35. The van der Waals surface area contributed by atoms with Crippen LogP contribution in [0, 0.1) is 0 Å². The summed E-state index contributed by atoms with van der Waals surface area (Å²) < 4.78 is 5.22. The van der Waals surface area contributed by atoms with Crippen LogP contribution in [0.2, 0.25) is 0 Å². The second-order valence-electron chi connectivity index (χ2n) is 5.10. The fourth-order valence-corrected chi connectivity index (χ4v) is 1.74. The lowest BCUT2D eigenvalue weighted by atomic mass is 9.90. The molecule has 1 rings (SSSR count). The van der Waals surface area contributed by atoms with Gasteiger partial charge in [0.05, 0.1) is 5.54 Å². The monoisotopic (exact) mass is 243 g/mol. The highest BCUT2D eigenvalue weighted by Crippen LogP contribution is 2.17. The summed E-state index contributed by atoms with van der Waals surface area (Å²) in [4.78, 5) is 14.1. The van der Waals surface area contributed by atoms with Crippen LogP contribution in [-0.2, 0) is 9.53 Å². The van der Waals surface area contributed by atoms with E-state index in [1.165, 1.54) is 0 Å². The van der Waals surface area contributed by atoms with Gasteiger partial charge < -0.3 is 20.7 Å². The molecule has 100 valence electrons. The van der Waals surface area contributed by atoms with Gasteiger partial charge in [0.15, 0.2) is 0 Å². The molecule has 1 heterocycles. The zero-order valence-electron chi connectivity index (χ0n) is 11.2. The largest absolute Gasteiger partial charge is 0.381 e. The van der Waals surface area contributed by atoms with Crippen molar-refractivity contribution in [3.63, 3.8) is 0 Å². The summed E-state index contributed by atoms with van der Waals surface area (Å²) in [5.74, 6) is -0.0436. The van der Waals surface area contributed by atoms with Crippen LogP contribution in [0.15, 0.2) is 0 Å². The number of carbonyl (C=O) groups excluding carboxylic acids is 1. The van der Waals surface area contributed by atoms with Crippen molar-refractivity contribution < 1.29 is 9.53 Å². The van der Waals surface area contributed by atoms with Crippen LogP contribution in [0.25, 0.3) is 0 Å². The number of nitrogens with zero attached hydrogens (tertiary/aromatic N) is 1. The van der Waals surface area contributed by atoms with Crippen molar-refractivity contribution in [1.82, 2.24) is 10.2 Å². The van der Waals surface area contributed by atoms with E-state index in [1.807, 2.05) is 7.05 Å². The van der Waals surface area contributed by atoms with Crippen molar-refractivity contribution in [2.45, 2.75) is 38.3 Å². The van der Waals surface area contributed by atoms with E-state index in [4.69, 9.17) is 10.5 Å². The lowest BCUT2D eigenvalue weighted by Crippen LogP contribution is -2.57. The van der Waals surface area contributed by atoms with E-state index in [-0.39, 0.29) is 5.91 Å². The predicted molar refractivity (Wildman–Crippen MR) is 67.7 cm³/mol. The topological polar surface area (TPSA) is 67.6 Å². The van der Waals surface area contributed by atoms with Gasteiger partial charge in [0.25, 0.3) is 0 Å². The van der Waals surface area contributed by atoms with Crippen molar-refractivity contribution in [3.8, 4) is 0 Å². The highest BCUT2D eigenvalue weighted by molar-refractivity contribution is 5.86. The first-order valence-corrected chi connectivity index (χ1v) is 6.31. The molecule has 0 radical (unpaired) electrons. The Bertz CT molecular complexity index is 250. The first-order chi connectivity index (χ1) is 7.96. The molecule has 0 aliphatic carbocycles. The number of likely N-dealkylation sites (N-methyl/N-ethyl adjacent to an activating group) is 1. The van der Waals surface area contributed by atoms with Gasteiger partial charge in [0.2, 0.25) is 5.91 Å². The molecule has 0 bridgehead atoms. The Morgan fingerprint density at radius 2 is 2.06 bits per heavy atom. The summed E-state index contributed by atoms with van der Waals surface area (Å²) in [5.41, 5.74) is 5.35. The normalized spacial score (nSPS) is 19.6. The van der Waals surface area contributed by atoms with Crippen LogP contribution in [0.4, 0.5) is 0 Å². The molecule has 1 aliphatic heterocycles. The minimum Gasteiger partial charge on any atom is -0.381 e. The zero-order valence-corrected chi connectivity index (χ0v) is 11.2. The first-order valence-electron chi connectivity index (χ1n) is 6.31. The molecule has 0 spiro atoms. The summed E-state index contributed by atoms with van der Waals surface area (Å²) in [6.07, 6.45) is 1.22. The number of hydrogen-bond acceptors (Lipinski definition) is 4. The SMILES string of the molecule is CC(C)N(C)CCNC(=O)C1(N)CCOCC1. The summed E-state index contributed by atoms with van der Waals surface area (Å²) in [7, 11) is 2.05. The van der Waals surface area contributed by atoms with Gasteiger partial charge in [0, 0.05) is 32.3 Å². The van der Waals surface area contributed by atoms with Gasteiger partial charge in [-0.1, -0.05) is 0 Å². The molecule has 17 heavy (non-hydrogen) atoms. The van der Waals surface area contributed by atoms with Crippen LogP contribution in [-0.4, -0.2) is 55.7 Å². The molecule has 0 aromatic carbocycles. The number of hydrogen-bond donors (Lipinski definition) is 2. The van der Waals surface area contributed by atoms with Gasteiger partial charge in [-0.05, 0) is 33.7 Å². The van der Waals surface area contributed by atoms with Crippen molar-refractivity contribution in [2.75, 3.05) is 33.4 Å². The fourth-order valence-electron chi connectivity index (χ4n) is 1.74. The minimum absolute atomic E-state index is 0.0436. The Kier molecular flexibility index (Phi) is 5.36. The Labute approximate surface area is 104 Å². The molecule has 5 heteroatoms. The maximum atomic E-state index is 12.0. The molecule has 0 atom stereocenters. The summed E-state index contributed by atoms with van der Waals surface area (Å²) >= 11 is 0. The Morgan fingerprint density at radius 3 is 2.59 bits per heavy atom. The van der Waals surface area contributed by atoms with Gasteiger partial charge in [-0.15, -0.1) is 0 Å². The zero-order chi connectivity index (χ0) is 12.9. The first kappa shape index (κ1) is 14.4. The number of nitrogens with one attached hydrogen (secondary N) is 1. The molecule has 0 aromatic heterocycles. The van der Waals surface area contributed by atoms with Gasteiger partial charge in [0.1, 0.15) is 0 Å². The van der Waals surface area contributed by atoms with E-state index < -0.39 is 5.54 Å². The van der Waals surface area contributed by atoms with Crippen LogP contribution < -0.4 is 11.1 Å². The quantitative estimate of drug-likeness (QED) is 0.710. The van der Waals surface area contributed by atoms with Crippen LogP contribution >= 0.6 is 0 Å². The molecule has 1 aliphatic rings. The third-order valence-electron chi connectivity index (χ3n) is 3.47. The van der Waals surface area contributed by atoms with E-state index in [9.17, 15) is 4.79 Å². The minimum atomic E-state index is -0.728. The second-order valence-corrected chi connectivity index (χ2v) is 5.10. The maximum absolute atomic E-state index is 12.0. The summed E-state index contributed by atoms with van der Waals surface area (Å²) in [6, 6.07) is 0.488. The van der Waals surface area contributed by atoms with Gasteiger partial charge in [-0.25, -0.2) is 0 Å². The second kappa shape index (κ2) is 6.33. The molecule has 1 fully saturated rings. The number of amides is 1. The lowest BCUT2D eigenvalue weighted by Gasteiger charge is -2.32. The van der Waals surface area contributed by atoms with Gasteiger partial charge >= 0.3 is 0 Å². The fraction of sp³-hybridized carbons (Fsp3) is 0.917. The average Bonchev–Trinajstić information content (AvgIpc) is 2.29. The molecular formula is C12H25N3O2. The molecule has 0 unspecified atom stereocenters. The Balaban J connectivity index is 2.29. The number of nitrogens with two attached hydrogens (primary N) is 1. The molecule has 0 saturated carbocycles. The average molecular weight is 243 g/mol. The molecule has 0 aromatic rings. The van der Waals surface area contributed by atoms with E-state index in [2.05, 4.69) is 24.1 Å². The van der Waals surface area contributed by atoms with E-state index >= 15 is 0 Å². The third kappa shape index (κ3) is 4.26. The lowest BCUT2D eigenvalue weighted by molar-refractivity contribution is -0.129. The predicted octanol–water partition coefficient (Wildman–Crippen LogP) is -0.0493. The molecule has 3 N–H and O–H groups in total. The molecular weight excluding hydrogens is 218 g/mol. The Hall–Kier alpha value is -0.650. The number of rotatable bonds is 5. The van der Waals surface area contributed by atoms with E-state index in [0.29, 0.717) is 38.6 Å². The van der Waals surface area contributed by atoms with Crippen LogP contribution in [0.3, 0.4) is 0 Å². The van der Waals surface area contributed by atoms with E-state index in [0.717, 1.165) is 6.54 Å². The number of ether oxygens (including phenoxy) is 1. The third-order valence-corrected chi connectivity index (χ3v) is 3.47. The standard InChI is InChI=1S/C12H25N3O2/c1-10(2)15(3)7-6-14-11(16)12(13)4-8-17-9-5-12/h10H,4-9,13H2,1-3H3,(H,14,16). The van der Waals surface area contributed by atoms with Gasteiger partial charge in [-0.2, -0.15) is 0 Å². The maximum Gasteiger partial charge on any atom is 0.240 e. The van der Waals surface area contributed by atoms with Crippen molar-refractivity contribution in [1.29, 1.82) is 0 Å². The molecule has 1 saturated heterocycles. The summed E-state index contributed by atoms with van der Waals surface area (Å²) in [5, 5.41) is 2.92. The highest BCUT2D eigenvalue weighted by atomic mass is 16.5. The number of carbonyl (C=O) groups is 1. The van der Waals surface area contributed by atoms with Gasteiger partial charge in [-0.3, -0.25) is 4.79 Å². The Morgan fingerprint density at radius 1 is 1.47 bits per heavy atom. The van der Waals surface area contributed by atoms with Crippen molar-refractivity contribution >= 4 is 5.91 Å². The van der Waals surface area contributed by atoms with Crippen molar-refractivity contribution in [2.24, 2.45) is 5.73 Å². The van der Waals surface area contributed by atoms with E-state index in [1.54, 1.807) is 0 Å². The molecule has 5 nitrogen and oxygen atoms in total. The smallest absolute Gasteiger partial charge is 0.240 e. The van der Waals surface area contributed by atoms with Crippen LogP contribution in [0.5, 0.6) is 0 Å². The van der Waals surface area contributed by atoms with Crippen LogP contribution in [0.1, 0.15) is 26.7 Å². The summed E-state index contributed by atoms with van der Waals surface area (Å²) in [6.45, 7) is 6.91. The van der Waals surface area contributed by atoms with Crippen molar-refractivity contribution in [3.05, 3.63) is 0 Å².